The van der Waals surface area contributed by atoms with Crippen LogP contribution in [0.4, 0.5) is 11.4 Å². The Morgan fingerprint density at radius 1 is 1.06 bits per heavy atom. The number of ether oxygens (including phenoxy) is 2. The van der Waals surface area contributed by atoms with Crippen molar-refractivity contribution >= 4 is 29.3 Å². The quantitative estimate of drug-likeness (QED) is 0.274. The van der Waals surface area contributed by atoms with Crippen LogP contribution in [0.3, 0.4) is 0 Å². The van der Waals surface area contributed by atoms with Crippen molar-refractivity contribution in [3.8, 4) is 11.5 Å². The normalized spacial score (nSPS) is 14.9. The number of benzene rings is 3. The third kappa shape index (κ3) is 6.54. The average Bonchev–Trinajstić information content (AvgIpc) is 2.90. The third-order valence-corrected chi connectivity index (χ3v) is 5.98. The summed E-state index contributed by atoms with van der Waals surface area (Å²) in [5, 5.41) is 2.88. The molecule has 1 heterocycles. The molecular formula is C30H32N2O4. The monoisotopic (exact) mass is 484 g/mol. The van der Waals surface area contributed by atoms with Crippen LogP contribution in [-0.4, -0.2) is 24.5 Å². The molecule has 1 atom stereocenters. The van der Waals surface area contributed by atoms with Crippen LogP contribution in [0.1, 0.15) is 44.2 Å². The number of carbonyl (C=O) groups is 2. The minimum atomic E-state index is -0.516. The molecule has 3 aromatic rings. The van der Waals surface area contributed by atoms with Gasteiger partial charge in [0.15, 0.2) is 6.10 Å². The van der Waals surface area contributed by atoms with E-state index >= 15 is 0 Å². The number of nitrogens with one attached hydrogen (secondary N) is 1. The van der Waals surface area contributed by atoms with Crippen molar-refractivity contribution in [2.45, 2.75) is 45.8 Å². The molecular weight excluding hydrogens is 452 g/mol. The molecule has 1 N–H and O–H groups in total. The predicted octanol–water partition coefficient (Wildman–Crippen LogP) is 6.22. The van der Waals surface area contributed by atoms with Crippen molar-refractivity contribution in [1.29, 1.82) is 0 Å². The molecule has 186 valence electrons. The van der Waals surface area contributed by atoms with E-state index in [-0.39, 0.29) is 11.8 Å². The molecule has 0 bridgehead atoms. The van der Waals surface area contributed by atoms with Gasteiger partial charge in [0.2, 0.25) is 5.91 Å². The molecule has 6 heteroatoms. The Labute approximate surface area is 212 Å². The molecule has 2 amide bonds. The molecule has 0 saturated heterocycles. The van der Waals surface area contributed by atoms with Crippen LogP contribution in [0.5, 0.6) is 11.5 Å². The number of fused-ring (bicyclic) bond motifs is 1. The van der Waals surface area contributed by atoms with E-state index in [1.807, 2.05) is 54.6 Å². The first-order chi connectivity index (χ1) is 17.5. The molecule has 0 fully saturated rings. The van der Waals surface area contributed by atoms with E-state index in [9.17, 15) is 9.59 Å². The SMILES string of the molecule is CCCCCN1C(=O)C(C)Oc2ccc(NC(=O)/C=C/c3ccc(OCc4ccccc4)cc3)cc21. The van der Waals surface area contributed by atoms with Crippen molar-refractivity contribution < 1.29 is 19.1 Å². The number of amides is 2. The maximum Gasteiger partial charge on any atom is 0.267 e. The summed E-state index contributed by atoms with van der Waals surface area (Å²) in [5.74, 6) is 1.11. The molecule has 36 heavy (non-hydrogen) atoms. The zero-order chi connectivity index (χ0) is 25.3. The van der Waals surface area contributed by atoms with Gasteiger partial charge in [0.05, 0.1) is 5.69 Å². The minimum absolute atomic E-state index is 0.0572. The topological polar surface area (TPSA) is 67.9 Å². The summed E-state index contributed by atoms with van der Waals surface area (Å²) in [5.41, 5.74) is 3.30. The van der Waals surface area contributed by atoms with Gasteiger partial charge in [-0.25, -0.2) is 0 Å². The van der Waals surface area contributed by atoms with Gasteiger partial charge in [0.1, 0.15) is 18.1 Å². The second kappa shape index (κ2) is 12.1. The van der Waals surface area contributed by atoms with E-state index in [4.69, 9.17) is 9.47 Å². The van der Waals surface area contributed by atoms with Gasteiger partial charge in [-0.15, -0.1) is 0 Å². The highest BCUT2D eigenvalue weighted by Gasteiger charge is 2.31. The van der Waals surface area contributed by atoms with E-state index in [2.05, 4.69) is 12.2 Å². The standard InChI is InChI=1S/C30H32N2O4/c1-3-4-8-19-32-27-20-25(14-17-28(27)36-22(2)30(32)34)31-29(33)18-13-23-11-15-26(16-12-23)35-21-24-9-6-5-7-10-24/h5-7,9-18,20,22H,3-4,8,19,21H2,1-2H3,(H,31,33)/b18-13+. The van der Waals surface area contributed by atoms with E-state index in [0.29, 0.717) is 30.3 Å². The molecule has 6 nitrogen and oxygen atoms in total. The maximum atomic E-state index is 12.7. The summed E-state index contributed by atoms with van der Waals surface area (Å²) in [6.07, 6.45) is 5.77. The van der Waals surface area contributed by atoms with Crippen molar-refractivity contribution in [3.05, 3.63) is 90.0 Å². The second-order valence-corrected chi connectivity index (χ2v) is 8.81. The molecule has 1 aliphatic rings. The number of hydrogen-bond donors (Lipinski definition) is 1. The van der Waals surface area contributed by atoms with E-state index in [0.717, 1.165) is 36.1 Å². The van der Waals surface area contributed by atoms with Gasteiger partial charge < -0.3 is 19.7 Å². The van der Waals surface area contributed by atoms with Crippen LogP contribution < -0.4 is 19.7 Å². The highest BCUT2D eigenvalue weighted by Crippen LogP contribution is 2.36. The van der Waals surface area contributed by atoms with Crippen molar-refractivity contribution in [3.63, 3.8) is 0 Å². The highest BCUT2D eigenvalue weighted by atomic mass is 16.5. The van der Waals surface area contributed by atoms with E-state index < -0.39 is 6.10 Å². The molecule has 0 aromatic heterocycles. The Hall–Kier alpha value is -4.06. The minimum Gasteiger partial charge on any atom is -0.489 e. The summed E-state index contributed by atoms with van der Waals surface area (Å²) in [6, 6.07) is 23.0. The Morgan fingerprint density at radius 3 is 2.58 bits per heavy atom. The fourth-order valence-electron chi connectivity index (χ4n) is 4.01. The first-order valence-electron chi connectivity index (χ1n) is 12.4. The van der Waals surface area contributed by atoms with Crippen LogP contribution in [0.2, 0.25) is 0 Å². The van der Waals surface area contributed by atoms with Gasteiger partial charge in [0.25, 0.3) is 5.91 Å². The highest BCUT2D eigenvalue weighted by molar-refractivity contribution is 6.04. The van der Waals surface area contributed by atoms with Gasteiger partial charge in [-0.2, -0.15) is 0 Å². The largest absolute Gasteiger partial charge is 0.489 e. The summed E-state index contributed by atoms with van der Waals surface area (Å²) >= 11 is 0. The zero-order valence-corrected chi connectivity index (χ0v) is 20.8. The van der Waals surface area contributed by atoms with Crippen molar-refractivity contribution in [1.82, 2.24) is 0 Å². The van der Waals surface area contributed by atoms with Crippen molar-refractivity contribution in [2.75, 3.05) is 16.8 Å². The summed E-state index contributed by atoms with van der Waals surface area (Å²) in [4.78, 5) is 27.0. The molecule has 1 unspecified atom stereocenters. The Bertz CT molecular complexity index is 1210. The molecule has 4 rings (SSSR count). The van der Waals surface area contributed by atoms with Crippen LogP contribution in [-0.2, 0) is 16.2 Å². The number of carbonyl (C=O) groups excluding carboxylic acids is 2. The van der Waals surface area contributed by atoms with Crippen LogP contribution in [0.25, 0.3) is 6.08 Å². The second-order valence-electron chi connectivity index (χ2n) is 8.81. The smallest absolute Gasteiger partial charge is 0.267 e. The number of unbranched alkanes of at least 4 members (excludes halogenated alkanes) is 2. The van der Waals surface area contributed by atoms with Crippen molar-refractivity contribution in [2.24, 2.45) is 0 Å². The van der Waals surface area contributed by atoms with Gasteiger partial charge >= 0.3 is 0 Å². The molecule has 0 spiro atoms. The zero-order valence-electron chi connectivity index (χ0n) is 20.8. The molecule has 0 aliphatic carbocycles. The van der Waals surface area contributed by atoms with Crippen LogP contribution >= 0.6 is 0 Å². The number of nitrogens with zero attached hydrogens (tertiary/aromatic N) is 1. The Morgan fingerprint density at radius 2 is 1.83 bits per heavy atom. The fraction of sp³-hybridized carbons (Fsp3) is 0.267. The fourth-order valence-corrected chi connectivity index (χ4v) is 4.01. The Balaban J connectivity index is 1.36. The number of rotatable bonds is 10. The van der Waals surface area contributed by atoms with E-state index in [1.54, 1.807) is 36.1 Å². The van der Waals surface area contributed by atoms with E-state index in [1.165, 1.54) is 6.08 Å². The summed E-state index contributed by atoms with van der Waals surface area (Å²) in [6.45, 7) is 5.04. The molecule has 0 radical (unpaired) electrons. The van der Waals surface area contributed by atoms with Gasteiger partial charge in [0, 0.05) is 18.3 Å². The summed E-state index contributed by atoms with van der Waals surface area (Å²) in [7, 11) is 0. The lowest BCUT2D eigenvalue weighted by molar-refractivity contribution is -0.125. The lowest BCUT2D eigenvalue weighted by Gasteiger charge is -2.33. The van der Waals surface area contributed by atoms with Crippen LogP contribution in [0, 0.1) is 0 Å². The van der Waals surface area contributed by atoms with Gasteiger partial charge in [-0.05, 0) is 60.9 Å². The first kappa shape index (κ1) is 25.0. The predicted molar refractivity (Wildman–Crippen MR) is 143 cm³/mol. The first-order valence-corrected chi connectivity index (χ1v) is 12.4. The lowest BCUT2D eigenvalue weighted by Crippen LogP contribution is -2.44. The third-order valence-electron chi connectivity index (χ3n) is 5.98. The maximum absolute atomic E-state index is 12.7. The molecule has 0 saturated carbocycles. The lowest BCUT2D eigenvalue weighted by atomic mass is 10.1. The van der Waals surface area contributed by atoms with Gasteiger partial charge in [-0.3, -0.25) is 9.59 Å². The number of anilines is 2. The number of hydrogen-bond acceptors (Lipinski definition) is 4. The summed E-state index contributed by atoms with van der Waals surface area (Å²) < 4.78 is 11.6. The van der Waals surface area contributed by atoms with Crippen LogP contribution in [0.15, 0.2) is 78.9 Å². The van der Waals surface area contributed by atoms with Gasteiger partial charge in [-0.1, -0.05) is 62.2 Å². The molecule has 3 aromatic carbocycles. The molecule has 1 aliphatic heterocycles. The Kier molecular flexibility index (Phi) is 8.40. The average molecular weight is 485 g/mol.